The van der Waals surface area contributed by atoms with E-state index in [9.17, 15) is 0 Å². The van der Waals surface area contributed by atoms with Crippen LogP contribution in [-0.2, 0) is 0 Å². The lowest BCUT2D eigenvalue weighted by atomic mass is 10.1. The predicted molar refractivity (Wildman–Crippen MR) is 76.5 cm³/mol. The van der Waals surface area contributed by atoms with Gasteiger partial charge < -0.3 is 5.32 Å². The number of benzene rings is 1. The lowest BCUT2D eigenvalue weighted by Gasteiger charge is -2.34. The summed E-state index contributed by atoms with van der Waals surface area (Å²) in [5, 5.41) is 3.43. The average Bonchev–Trinajstić information content (AvgIpc) is 2.28. The quantitative estimate of drug-likeness (QED) is 0.756. The molecule has 0 aliphatic heterocycles. The van der Waals surface area contributed by atoms with Crippen LogP contribution in [0.15, 0.2) is 43.0 Å². The molecule has 0 spiro atoms. The van der Waals surface area contributed by atoms with Crippen LogP contribution in [0.5, 0.6) is 0 Å². The van der Waals surface area contributed by atoms with Gasteiger partial charge in [-0.25, -0.2) is 0 Å². The van der Waals surface area contributed by atoms with Gasteiger partial charge in [0.25, 0.3) is 0 Å². The topological polar surface area (TPSA) is 15.3 Å². The highest BCUT2D eigenvalue weighted by molar-refractivity contribution is 5.42. The van der Waals surface area contributed by atoms with Crippen LogP contribution in [0.2, 0.25) is 0 Å². The summed E-state index contributed by atoms with van der Waals surface area (Å²) in [6.07, 6.45) is 1.97. The number of hydrogen-bond acceptors (Lipinski definition) is 2. The van der Waals surface area contributed by atoms with Gasteiger partial charge in [-0.1, -0.05) is 24.3 Å². The van der Waals surface area contributed by atoms with Crippen LogP contribution in [0, 0.1) is 0 Å². The molecule has 0 atom stereocenters. The van der Waals surface area contributed by atoms with Crippen molar-refractivity contribution in [3.63, 3.8) is 0 Å². The van der Waals surface area contributed by atoms with E-state index in [1.54, 1.807) is 0 Å². The Hall–Kier alpha value is -1.28. The zero-order valence-electron chi connectivity index (χ0n) is 11.2. The highest BCUT2D eigenvalue weighted by Gasteiger charge is 2.18. The summed E-state index contributed by atoms with van der Waals surface area (Å²) in [6, 6.07) is 10.3. The first-order valence-corrected chi connectivity index (χ1v) is 6.19. The van der Waals surface area contributed by atoms with Crippen molar-refractivity contribution in [3.05, 3.63) is 43.0 Å². The van der Waals surface area contributed by atoms with Gasteiger partial charge in [-0.05, 0) is 32.9 Å². The van der Waals surface area contributed by atoms with Crippen molar-refractivity contribution in [3.8, 4) is 0 Å². The minimum atomic E-state index is 0.187. The molecule has 1 rings (SSSR count). The molecule has 0 radical (unpaired) electrons. The van der Waals surface area contributed by atoms with Gasteiger partial charge in [0.05, 0.1) is 0 Å². The molecule has 0 aliphatic carbocycles. The molecule has 0 aromatic heterocycles. The average molecular weight is 232 g/mol. The summed E-state index contributed by atoms with van der Waals surface area (Å²) in [5.41, 5.74) is 1.37. The molecule has 0 unspecified atom stereocenters. The molecule has 0 heterocycles. The lowest BCUT2D eigenvalue weighted by molar-refractivity contribution is 0.161. The molecule has 2 nitrogen and oxygen atoms in total. The third kappa shape index (κ3) is 5.05. The zero-order chi connectivity index (χ0) is 12.7. The molecule has 0 fully saturated rings. The second kappa shape index (κ2) is 6.45. The van der Waals surface area contributed by atoms with Crippen LogP contribution in [0.25, 0.3) is 0 Å². The van der Waals surface area contributed by atoms with Crippen molar-refractivity contribution in [2.24, 2.45) is 0 Å². The maximum Gasteiger partial charge on any atom is 0.0340 e. The summed E-state index contributed by atoms with van der Waals surface area (Å²) < 4.78 is 0. The lowest BCUT2D eigenvalue weighted by Crippen LogP contribution is -2.43. The number of hydrogen-bond donors (Lipinski definition) is 1. The highest BCUT2D eigenvalue weighted by atomic mass is 15.2. The first-order valence-electron chi connectivity index (χ1n) is 6.19. The van der Waals surface area contributed by atoms with Crippen LogP contribution in [0.4, 0.5) is 5.69 Å². The number of rotatable bonds is 6. The van der Waals surface area contributed by atoms with Crippen molar-refractivity contribution < 1.29 is 0 Å². The summed E-state index contributed by atoms with van der Waals surface area (Å²) in [6.45, 7) is 13.4. The van der Waals surface area contributed by atoms with Gasteiger partial charge in [0.15, 0.2) is 0 Å². The van der Waals surface area contributed by atoms with Crippen molar-refractivity contribution >= 4 is 5.69 Å². The van der Waals surface area contributed by atoms with Gasteiger partial charge in [-0.2, -0.15) is 0 Å². The van der Waals surface area contributed by atoms with E-state index in [1.165, 1.54) is 5.69 Å². The van der Waals surface area contributed by atoms with Crippen molar-refractivity contribution in [2.75, 3.05) is 25.0 Å². The van der Waals surface area contributed by atoms with E-state index in [4.69, 9.17) is 0 Å². The third-order valence-corrected chi connectivity index (χ3v) is 2.78. The van der Waals surface area contributed by atoms with Gasteiger partial charge >= 0.3 is 0 Å². The second-order valence-electron chi connectivity index (χ2n) is 5.20. The van der Waals surface area contributed by atoms with Gasteiger partial charge in [0.2, 0.25) is 0 Å². The number of anilines is 1. The monoisotopic (exact) mass is 232 g/mol. The van der Waals surface area contributed by atoms with Crippen LogP contribution in [0.1, 0.15) is 20.8 Å². The van der Waals surface area contributed by atoms with Gasteiger partial charge in [0, 0.05) is 30.9 Å². The van der Waals surface area contributed by atoms with Gasteiger partial charge in [-0.15, -0.1) is 6.58 Å². The highest BCUT2D eigenvalue weighted by Crippen LogP contribution is 2.12. The summed E-state index contributed by atoms with van der Waals surface area (Å²) in [4.78, 5) is 2.41. The number of nitrogens with zero attached hydrogens (tertiary/aromatic N) is 1. The van der Waals surface area contributed by atoms with Gasteiger partial charge in [-0.3, -0.25) is 4.90 Å². The Balaban J connectivity index is 2.40. The molecule has 1 aromatic carbocycles. The maximum atomic E-state index is 3.82. The SMILES string of the molecule is C=CCN(CCNc1ccccc1)C(C)(C)C. The normalized spacial score (nSPS) is 11.5. The second-order valence-corrected chi connectivity index (χ2v) is 5.20. The first kappa shape index (κ1) is 13.8. The number of nitrogens with one attached hydrogen (secondary N) is 1. The van der Waals surface area contributed by atoms with Crippen LogP contribution < -0.4 is 5.32 Å². The van der Waals surface area contributed by atoms with E-state index < -0.39 is 0 Å². The minimum Gasteiger partial charge on any atom is -0.384 e. The van der Waals surface area contributed by atoms with E-state index in [0.29, 0.717) is 0 Å². The molecule has 0 bridgehead atoms. The maximum absolute atomic E-state index is 3.82. The van der Waals surface area contributed by atoms with Gasteiger partial charge in [0.1, 0.15) is 0 Å². The third-order valence-electron chi connectivity index (χ3n) is 2.78. The fourth-order valence-corrected chi connectivity index (χ4v) is 1.75. The van der Waals surface area contributed by atoms with Crippen molar-refractivity contribution in [2.45, 2.75) is 26.3 Å². The Bertz CT molecular complexity index is 325. The molecule has 94 valence electrons. The Labute approximate surface area is 105 Å². The van der Waals surface area contributed by atoms with E-state index in [2.05, 4.69) is 49.7 Å². The van der Waals surface area contributed by atoms with Crippen molar-refractivity contribution in [1.29, 1.82) is 0 Å². The predicted octanol–water partition coefficient (Wildman–Crippen LogP) is 3.39. The minimum absolute atomic E-state index is 0.187. The summed E-state index contributed by atoms with van der Waals surface area (Å²) in [7, 11) is 0. The zero-order valence-corrected chi connectivity index (χ0v) is 11.2. The van der Waals surface area contributed by atoms with E-state index in [0.717, 1.165) is 19.6 Å². The molecular weight excluding hydrogens is 208 g/mol. The fraction of sp³-hybridized carbons (Fsp3) is 0.467. The molecule has 0 saturated heterocycles. The molecule has 1 N–H and O–H groups in total. The molecule has 17 heavy (non-hydrogen) atoms. The van der Waals surface area contributed by atoms with Crippen molar-refractivity contribution in [1.82, 2.24) is 4.90 Å². The van der Waals surface area contributed by atoms with Crippen LogP contribution in [0.3, 0.4) is 0 Å². The number of para-hydroxylation sites is 1. The molecule has 0 aliphatic rings. The molecule has 0 saturated carbocycles. The largest absolute Gasteiger partial charge is 0.384 e. The Morgan fingerprint density at radius 3 is 2.41 bits per heavy atom. The smallest absolute Gasteiger partial charge is 0.0340 e. The summed E-state index contributed by atoms with van der Waals surface area (Å²) >= 11 is 0. The molecule has 2 heteroatoms. The summed E-state index contributed by atoms with van der Waals surface area (Å²) in [5.74, 6) is 0. The van der Waals surface area contributed by atoms with Crippen LogP contribution >= 0.6 is 0 Å². The molecular formula is C15H24N2. The van der Waals surface area contributed by atoms with Crippen LogP contribution in [-0.4, -0.2) is 30.1 Å². The molecule has 1 aromatic rings. The van der Waals surface area contributed by atoms with E-state index in [1.807, 2.05) is 24.3 Å². The van der Waals surface area contributed by atoms with E-state index >= 15 is 0 Å². The first-order chi connectivity index (χ1) is 8.04. The Morgan fingerprint density at radius 1 is 1.24 bits per heavy atom. The standard InChI is InChI=1S/C15H24N2/c1-5-12-17(15(2,3)4)13-11-16-14-9-7-6-8-10-14/h5-10,16H,1,11-13H2,2-4H3. The Morgan fingerprint density at radius 2 is 1.88 bits per heavy atom. The van der Waals surface area contributed by atoms with E-state index in [-0.39, 0.29) is 5.54 Å². The fourth-order valence-electron chi connectivity index (χ4n) is 1.75. The Kier molecular flexibility index (Phi) is 5.23. The molecule has 0 amide bonds.